The third-order valence-electron chi connectivity index (χ3n) is 6.01. The van der Waals surface area contributed by atoms with Crippen LogP contribution in [-0.4, -0.2) is 38.5 Å². The zero-order chi connectivity index (χ0) is 25.1. The van der Waals surface area contributed by atoms with E-state index in [2.05, 4.69) is 15.3 Å². The van der Waals surface area contributed by atoms with Crippen LogP contribution in [0.1, 0.15) is 37.5 Å². The van der Waals surface area contributed by atoms with E-state index in [1.807, 2.05) is 23.6 Å². The minimum atomic E-state index is -0.671. The quantitative estimate of drug-likeness (QED) is 0.396. The lowest BCUT2D eigenvalue weighted by molar-refractivity contribution is -0.122. The molecular weight excluding hydrogens is 496 g/mol. The van der Waals surface area contributed by atoms with Gasteiger partial charge in [-0.15, -0.1) is 0 Å². The van der Waals surface area contributed by atoms with Crippen molar-refractivity contribution >= 4 is 46.4 Å². The zero-order valence-electron chi connectivity index (χ0n) is 19.1. The molecule has 4 heterocycles. The molecule has 0 aliphatic carbocycles. The van der Waals surface area contributed by atoms with Crippen molar-refractivity contribution in [2.24, 2.45) is 0 Å². The average Bonchev–Trinajstić information content (AvgIpc) is 3.32. The Balaban J connectivity index is 1.42. The molecule has 7 nitrogen and oxygen atoms in total. The Morgan fingerprint density at radius 1 is 1.06 bits per heavy atom. The van der Waals surface area contributed by atoms with E-state index in [0.717, 1.165) is 11.3 Å². The highest BCUT2D eigenvalue weighted by molar-refractivity contribution is 7.08. The molecule has 1 aromatic carbocycles. The van der Waals surface area contributed by atoms with Crippen LogP contribution in [0.4, 0.5) is 5.82 Å². The number of benzene rings is 1. The van der Waals surface area contributed by atoms with Crippen LogP contribution < -0.4 is 5.32 Å². The predicted molar refractivity (Wildman–Crippen MR) is 138 cm³/mol. The van der Waals surface area contributed by atoms with Gasteiger partial charge in [0.1, 0.15) is 5.82 Å². The number of Topliss-reactive ketones (excluding diaryl/α,β-unsaturated/α-hetero) is 1. The summed E-state index contributed by atoms with van der Waals surface area (Å²) in [6.45, 7) is 0.166. The molecule has 0 fully saturated rings. The Hall–Kier alpha value is -3.88. The topological polar surface area (TPSA) is 92.3 Å². The number of fused-ring (bicyclic) bond motifs is 1. The number of nitrogens with zero attached hydrogens (tertiary/aromatic N) is 3. The van der Waals surface area contributed by atoms with Gasteiger partial charge in [0.05, 0.1) is 22.2 Å². The van der Waals surface area contributed by atoms with Crippen molar-refractivity contribution < 1.29 is 14.4 Å². The number of ketones is 1. The first-order valence-corrected chi connectivity index (χ1v) is 12.6. The Kier molecular flexibility index (Phi) is 6.88. The second-order valence-electron chi connectivity index (χ2n) is 8.41. The normalized spacial score (nSPS) is 15.4. The van der Waals surface area contributed by atoms with Gasteiger partial charge in [0.25, 0.3) is 11.8 Å². The molecule has 3 aromatic heterocycles. The van der Waals surface area contributed by atoms with E-state index in [0.29, 0.717) is 23.4 Å². The summed E-state index contributed by atoms with van der Waals surface area (Å²) < 4.78 is 0. The number of hydrogen-bond donors (Lipinski definition) is 1. The number of aromatic nitrogens is 2. The molecule has 1 atom stereocenters. The summed E-state index contributed by atoms with van der Waals surface area (Å²) in [6, 6.07) is 15.1. The predicted octanol–water partition coefficient (Wildman–Crippen LogP) is 4.82. The highest BCUT2D eigenvalue weighted by atomic mass is 35.5. The molecule has 36 heavy (non-hydrogen) atoms. The average molecular weight is 517 g/mol. The molecule has 1 aliphatic rings. The van der Waals surface area contributed by atoms with Crippen LogP contribution in [0.3, 0.4) is 0 Å². The van der Waals surface area contributed by atoms with E-state index in [9.17, 15) is 14.4 Å². The van der Waals surface area contributed by atoms with Crippen LogP contribution in [0.2, 0.25) is 5.02 Å². The second kappa shape index (κ2) is 10.4. The summed E-state index contributed by atoms with van der Waals surface area (Å²) in [4.78, 5) is 49.6. The standard InChI is InChI=1S/C27H21ClN4O3S/c28-22-11-17(7-8-20(22)26(34)31-25-6-2-4-10-30-25)14-32-23(13-19-5-1-3-9-29-19)24(33)12-18-15-36-16-21(18)27(32)35/h1-11,15-16,23H,12-14H2,(H,30,31,34). The maximum absolute atomic E-state index is 13.6. The van der Waals surface area contributed by atoms with Gasteiger partial charge in [0.15, 0.2) is 5.78 Å². The fourth-order valence-corrected chi connectivity index (χ4v) is 5.32. The first-order valence-electron chi connectivity index (χ1n) is 11.3. The number of pyridine rings is 2. The van der Waals surface area contributed by atoms with Crippen LogP contribution in [-0.2, 0) is 24.2 Å². The van der Waals surface area contributed by atoms with Gasteiger partial charge in [-0.2, -0.15) is 11.3 Å². The number of nitrogens with one attached hydrogen (secondary N) is 1. The maximum atomic E-state index is 13.6. The summed E-state index contributed by atoms with van der Waals surface area (Å²) in [5.74, 6) is -0.211. The molecule has 180 valence electrons. The molecule has 9 heteroatoms. The van der Waals surface area contributed by atoms with E-state index in [-0.39, 0.29) is 41.1 Å². The van der Waals surface area contributed by atoms with Crippen molar-refractivity contribution in [3.8, 4) is 0 Å². The molecule has 5 rings (SSSR count). The van der Waals surface area contributed by atoms with Gasteiger partial charge in [-0.05, 0) is 52.9 Å². The number of thiophene rings is 1. The van der Waals surface area contributed by atoms with Gasteiger partial charge in [0.2, 0.25) is 0 Å². The van der Waals surface area contributed by atoms with E-state index in [1.54, 1.807) is 59.1 Å². The van der Waals surface area contributed by atoms with Crippen molar-refractivity contribution in [3.63, 3.8) is 0 Å². The van der Waals surface area contributed by atoms with E-state index < -0.39 is 6.04 Å². The lowest BCUT2D eigenvalue weighted by Crippen LogP contribution is -2.45. The zero-order valence-corrected chi connectivity index (χ0v) is 20.6. The summed E-state index contributed by atoms with van der Waals surface area (Å²) in [5.41, 5.74) is 3.03. The van der Waals surface area contributed by atoms with Crippen molar-refractivity contribution in [3.05, 3.63) is 111 Å². The smallest absolute Gasteiger partial charge is 0.258 e. The van der Waals surface area contributed by atoms with Gasteiger partial charge in [-0.25, -0.2) is 4.98 Å². The molecule has 0 saturated carbocycles. The van der Waals surface area contributed by atoms with Gasteiger partial charge < -0.3 is 10.2 Å². The van der Waals surface area contributed by atoms with Crippen LogP contribution in [0, 0.1) is 0 Å². The number of amides is 2. The molecule has 0 radical (unpaired) electrons. The highest BCUT2D eigenvalue weighted by Gasteiger charge is 2.36. The van der Waals surface area contributed by atoms with Crippen molar-refractivity contribution in [1.82, 2.24) is 14.9 Å². The molecular formula is C27H21ClN4O3S. The van der Waals surface area contributed by atoms with E-state index in [1.165, 1.54) is 11.3 Å². The number of carbonyl (C=O) groups excluding carboxylic acids is 3. The first-order chi connectivity index (χ1) is 17.5. The molecule has 2 amide bonds. The minimum absolute atomic E-state index is 0.0383. The van der Waals surface area contributed by atoms with Crippen LogP contribution >= 0.6 is 22.9 Å². The molecule has 1 N–H and O–H groups in total. The van der Waals surface area contributed by atoms with Crippen LogP contribution in [0.5, 0.6) is 0 Å². The Bertz CT molecular complexity index is 1430. The molecule has 0 bridgehead atoms. The fraction of sp³-hybridized carbons (Fsp3) is 0.148. The summed E-state index contributed by atoms with van der Waals surface area (Å²) in [7, 11) is 0. The van der Waals surface area contributed by atoms with Crippen molar-refractivity contribution in [1.29, 1.82) is 0 Å². The number of anilines is 1. The van der Waals surface area contributed by atoms with E-state index >= 15 is 0 Å². The van der Waals surface area contributed by atoms with E-state index in [4.69, 9.17) is 11.6 Å². The molecule has 1 aliphatic heterocycles. The van der Waals surface area contributed by atoms with Gasteiger partial charge in [0, 0.05) is 42.9 Å². The Labute approximate surface area is 216 Å². The monoisotopic (exact) mass is 516 g/mol. The Morgan fingerprint density at radius 3 is 2.58 bits per heavy atom. The first kappa shape index (κ1) is 23.8. The number of halogens is 1. The van der Waals surface area contributed by atoms with Crippen LogP contribution in [0.25, 0.3) is 0 Å². The third-order valence-corrected chi connectivity index (χ3v) is 7.12. The highest BCUT2D eigenvalue weighted by Crippen LogP contribution is 2.28. The SMILES string of the molecule is O=C(Nc1ccccn1)c1ccc(CN2C(=O)c3cscc3CC(=O)C2Cc2ccccn2)cc1Cl. The van der Waals surface area contributed by atoms with Crippen molar-refractivity contribution in [2.75, 3.05) is 5.32 Å². The minimum Gasteiger partial charge on any atom is -0.324 e. The Morgan fingerprint density at radius 2 is 1.86 bits per heavy atom. The number of rotatable bonds is 6. The van der Waals surface area contributed by atoms with Gasteiger partial charge >= 0.3 is 0 Å². The summed E-state index contributed by atoms with van der Waals surface area (Å²) >= 11 is 7.88. The molecule has 0 spiro atoms. The van der Waals surface area contributed by atoms with Gasteiger partial charge in [-0.3, -0.25) is 19.4 Å². The lowest BCUT2D eigenvalue weighted by atomic mass is 10.0. The van der Waals surface area contributed by atoms with Gasteiger partial charge in [-0.1, -0.05) is 29.8 Å². The second-order valence-corrected chi connectivity index (χ2v) is 9.56. The third kappa shape index (κ3) is 5.05. The molecule has 1 unspecified atom stereocenters. The molecule has 4 aromatic rings. The molecule has 0 saturated heterocycles. The lowest BCUT2D eigenvalue weighted by Gasteiger charge is -2.29. The van der Waals surface area contributed by atoms with Crippen LogP contribution in [0.15, 0.2) is 77.8 Å². The number of hydrogen-bond acceptors (Lipinski definition) is 6. The summed E-state index contributed by atoms with van der Waals surface area (Å²) in [5, 5.41) is 6.61. The van der Waals surface area contributed by atoms with Crippen molar-refractivity contribution in [2.45, 2.75) is 25.4 Å². The summed E-state index contributed by atoms with van der Waals surface area (Å²) in [6.07, 6.45) is 3.77. The largest absolute Gasteiger partial charge is 0.324 e. The number of carbonyl (C=O) groups is 3. The maximum Gasteiger partial charge on any atom is 0.258 e. The fourth-order valence-electron chi connectivity index (χ4n) is 4.20.